The van der Waals surface area contributed by atoms with Crippen molar-refractivity contribution in [2.45, 2.75) is 6.54 Å². The molecule has 0 saturated carbocycles. The van der Waals surface area contributed by atoms with Gasteiger partial charge in [0.05, 0.1) is 0 Å². The highest BCUT2D eigenvalue weighted by Gasteiger charge is 2.03. The van der Waals surface area contributed by atoms with Crippen molar-refractivity contribution in [3.63, 3.8) is 0 Å². The Morgan fingerprint density at radius 1 is 1.27 bits per heavy atom. The van der Waals surface area contributed by atoms with Gasteiger partial charge >= 0.3 is 0 Å². The van der Waals surface area contributed by atoms with E-state index >= 15 is 0 Å². The van der Waals surface area contributed by atoms with Crippen LogP contribution in [0.4, 0.5) is 0 Å². The predicted octanol–water partition coefficient (Wildman–Crippen LogP) is -1.05. The molecule has 0 unspecified atom stereocenters. The summed E-state index contributed by atoms with van der Waals surface area (Å²) in [6.07, 6.45) is 8.01. The third kappa shape index (κ3) is 2.80. The summed E-state index contributed by atoms with van der Waals surface area (Å²) in [7, 11) is 0. The molecule has 1 heterocycles. The molecule has 78 valence electrons. The van der Waals surface area contributed by atoms with Crippen LogP contribution in [-0.4, -0.2) is 4.57 Å². The summed E-state index contributed by atoms with van der Waals surface area (Å²) in [5, 5.41) is 0. The maximum atomic E-state index is 3.71. The summed E-state index contributed by atoms with van der Waals surface area (Å²) < 4.78 is 4.17. The van der Waals surface area contributed by atoms with Crippen molar-refractivity contribution in [2.75, 3.05) is 0 Å². The van der Waals surface area contributed by atoms with Gasteiger partial charge in [0, 0.05) is 0 Å². The van der Waals surface area contributed by atoms with Gasteiger partial charge in [0.2, 0.25) is 6.33 Å². The number of aromatic nitrogens is 2. The zero-order valence-corrected chi connectivity index (χ0v) is 9.97. The third-order valence-corrected chi connectivity index (χ3v) is 2.09. The molecule has 0 atom stereocenters. The van der Waals surface area contributed by atoms with E-state index in [1.54, 1.807) is 0 Å². The van der Waals surface area contributed by atoms with Gasteiger partial charge in [-0.2, -0.15) is 0 Å². The predicted molar refractivity (Wildman–Crippen MR) is 56.2 cm³/mol. The van der Waals surface area contributed by atoms with Gasteiger partial charge in [-0.05, 0) is 12.1 Å². The second-order valence-corrected chi connectivity index (χ2v) is 3.14. The lowest BCUT2D eigenvalue weighted by molar-refractivity contribution is -0.686. The van der Waals surface area contributed by atoms with E-state index in [2.05, 4.69) is 34.2 Å². The highest BCUT2D eigenvalue weighted by atomic mass is 79.9. The molecule has 0 bridgehead atoms. The van der Waals surface area contributed by atoms with Gasteiger partial charge < -0.3 is 17.0 Å². The molecular formula is C12H13BrN2. The van der Waals surface area contributed by atoms with E-state index in [-0.39, 0.29) is 17.0 Å². The molecule has 0 N–H and O–H groups in total. The van der Waals surface area contributed by atoms with Gasteiger partial charge in [0.1, 0.15) is 24.6 Å². The molecule has 3 heteroatoms. The Morgan fingerprint density at radius 2 is 2.00 bits per heavy atom. The minimum Gasteiger partial charge on any atom is -1.00 e. The van der Waals surface area contributed by atoms with Crippen molar-refractivity contribution in [2.24, 2.45) is 0 Å². The number of benzene rings is 1. The highest BCUT2D eigenvalue weighted by Crippen LogP contribution is 2.04. The van der Waals surface area contributed by atoms with Crippen LogP contribution in [-0.2, 0) is 6.54 Å². The second-order valence-electron chi connectivity index (χ2n) is 3.14. The Balaban J connectivity index is 0.00000112. The second kappa shape index (κ2) is 5.51. The highest BCUT2D eigenvalue weighted by molar-refractivity contribution is 5.30. The maximum absolute atomic E-state index is 3.71. The molecule has 0 spiro atoms. The molecule has 2 aromatic rings. The fraction of sp³-hybridized carbons (Fsp3) is 0.0833. The van der Waals surface area contributed by atoms with Gasteiger partial charge in [0.15, 0.2) is 0 Å². The van der Waals surface area contributed by atoms with Crippen LogP contribution in [0.5, 0.6) is 0 Å². The monoisotopic (exact) mass is 264 g/mol. The Hall–Kier alpha value is -1.35. The first-order valence-electron chi connectivity index (χ1n) is 4.63. The molecule has 1 aromatic carbocycles. The van der Waals surface area contributed by atoms with Crippen LogP contribution in [0.3, 0.4) is 0 Å². The van der Waals surface area contributed by atoms with Crippen LogP contribution in [0.25, 0.3) is 5.69 Å². The first-order chi connectivity index (χ1) is 6.90. The van der Waals surface area contributed by atoms with E-state index in [1.165, 1.54) is 5.69 Å². The molecule has 0 fully saturated rings. The van der Waals surface area contributed by atoms with Crippen LogP contribution >= 0.6 is 0 Å². The Bertz CT molecular complexity index is 420. The minimum absolute atomic E-state index is 0. The average molecular weight is 265 g/mol. The smallest absolute Gasteiger partial charge is 0.249 e. The zero-order valence-electron chi connectivity index (χ0n) is 8.38. The molecule has 0 radical (unpaired) electrons. The molecule has 0 saturated heterocycles. The normalized spacial score (nSPS) is 9.33. The lowest BCUT2D eigenvalue weighted by Crippen LogP contribution is -3.00. The Labute approximate surface area is 100 Å². The Kier molecular flexibility index (Phi) is 4.31. The fourth-order valence-corrected chi connectivity index (χ4v) is 1.40. The summed E-state index contributed by atoms with van der Waals surface area (Å²) in [4.78, 5) is 0. The SMILES string of the molecule is C=CC[n+]1ccn(-c2ccccc2)c1.[Br-]. The number of hydrogen-bond acceptors (Lipinski definition) is 0. The number of halogens is 1. The van der Waals surface area contributed by atoms with Crippen molar-refractivity contribution >= 4 is 0 Å². The van der Waals surface area contributed by atoms with Gasteiger partial charge in [0.25, 0.3) is 0 Å². The van der Waals surface area contributed by atoms with Crippen molar-refractivity contribution in [3.8, 4) is 5.69 Å². The molecule has 1 aromatic heterocycles. The van der Waals surface area contributed by atoms with Crippen molar-refractivity contribution in [1.82, 2.24) is 4.57 Å². The summed E-state index contributed by atoms with van der Waals surface area (Å²) in [6, 6.07) is 10.3. The lowest BCUT2D eigenvalue weighted by atomic mass is 10.3. The molecule has 0 aliphatic heterocycles. The number of imidazole rings is 1. The summed E-state index contributed by atoms with van der Waals surface area (Å²) in [6.45, 7) is 4.55. The zero-order chi connectivity index (χ0) is 9.80. The van der Waals surface area contributed by atoms with E-state index in [4.69, 9.17) is 0 Å². The van der Waals surface area contributed by atoms with Crippen LogP contribution < -0.4 is 21.5 Å². The van der Waals surface area contributed by atoms with E-state index in [0.717, 1.165) is 6.54 Å². The van der Waals surface area contributed by atoms with Gasteiger partial charge in [-0.25, -0.2) is 9.13 Å². The van der Waals surface area contributed by atoms with Crippen molar-refractivity contribution in [1.29, 1.82) is 0 Å². The number of rotatable bonds is 3. The average Bonchev–Trinajstić information content (AvgIpc) is 2.68. The molecular weight excluding hydrogens is 252 g/mol. The first-order valence-corrected chi connectivity index (χ1v) is 4.63. The van der Waals surface area contributed by atoms with Crippen LogP contribution in [0.2, 0.25) is 0 Å². The maximum Gasteiger partial charge on any atom is 0.249 e. The third-order valence-electron chi connectivity index (χ3n) is 2.09. The van der Waals surface area contributed by atoms with Crippen LogP contribution in [0, 0.1) is 0 Å². The summed E-state index contributed by atoms with van der Waals surface area (Å²) in [5.41, 5.74) is 1.18. The standard InChI is InChI=1S/C12H13N2.BrH/c1-2-8-13-9-10-14(11-13)12-6-4-3-5-7-12;/h2-7,9-11H,1,8H2;1H/q+1;/p-1. The largest absolute Gasteiger partial charge is 1.00 e. The van der Waals surface area contributed by atoms with E-state index in [0.29, 0.717) is 0 Å². The molecule has 15 heavy (non-hydrogen) atoms. The number of nitrogens with zero attached hydrogens (tertiary/aromatic N) is 2. The van der Waals surface area contributed by atoms with Crippen molar-refractivity contribution in [3.05, 3.63) is 61.7 Å². The van der Waals surface area contributed by atoms with E-state index < -0.39 is 0 Å². The number of hydrogen-bond donors (Lipinski definition) is 0. The molecule has 0 aliphatic carbocycles. The summed E-state index contributed by atoms with van der Waals surface area (Å²) >= 11 is 0. The first kappa shape index (κ1) is 11.7. The van der Waals surface area contributed by atoms with E-state index in [9.17, 15) is 0 Å². The van der Waals surface area contributed by atoms with Gasteiger partial charge in [-0.15, -0.1) is 0 Å². The molecule has 2 rings (SSSR count). The summed E-state index contributed by atoms with van der Waals surface area (Å²) in [5.74, 6) is 0. The molecule has 0 amide bonds. The van der Waals surface area contributed by atoms with Crippen LogP contribution in [0.1, 0.15) is 0 Å². The molecule has 0 aliphatic rings. The van der Waals surface area contributed by atoms with Crippen molar-refractivity contribution < 1.29 is 21.5 Å². The van der Waals surface area contributed by atoms with Gasteiger partial charge in [-0.3, -0.25) is 0 Å². The number of para-hydroxylation sites is 1. The molecule has 2 nitrogen and oxygen atoms in total. The minimum atomic E-state index is 0. The van der Waals surface area contributed by atoms with Crippen LogP contribution in [0.15, 0.2) is 61.7 Å². The van der Waals surface area contributed by atoms with Gasteiger partial charge in [-0.1, -0.05) is 30.9 Å². The fourth-order valence-electron chi connectivity index (χ4n) is 1.40. The Morgan fingerprint density at radius 3 is 2.67 bits per heavy atom. The topological polar surface area (TPSA) is 8.81 Å². The lowest BCUT2D eigenvalue weighted by Gasteiger charge is -1.92. The van der Waals surface area contributed by atoms with E-state index in [1.807, 2.05) is 36.7 Å². The quantitative estimate of drug-likeness (QED) is 0.495. The number of allylic oxidation sites excluding steroid dienone is 1.